The molecular formula is C130H86N10. The summed E-state index contributed by atoms with van der Waals surface area (Å²) >= 11 is 0. The summed E-state index contributed by atoms with van der Waals surface area (Å²) in [5.41, 5.74) is 83.4. The highest BCUT2D eigenvalue weighted by molar-refractivity contribution is 6.02. The number of rotatable bonds is 0. The SMILES string of the molecule is c1ccc2c(c1)Cc1c-2ccc2c1-c1ccc3c(c1C2)Cc1nccc2c1N3c1cccnc1C2.c1ccc2c(c1)Cc1c-2ccc2c1-c1ccc3c(c1C2)Cc1nccc2c1N3c1ccncc1C2.c1ccc2c(c1)Cc1c-2ccc2c1Cc1cc3c(cc1-2)N1c2ccccc2Cc2ccnc(c21)C3.c1ccc2c(c1)Cc1c-2ccc2c1Cc1cc3c(cc1-2)N1c2ccccc2Cc2cncc(c21)C3. The van der Waals surface area contributed by atoms with E-state index in [1.54, 1.807) is 0 Å². The highest BCUT2D eigenvalue weighted by Gasteiger charge is 2.44. The molecule has 16 aliphatic rings. The minimum absolute atomic E-state index is 0.871. The Morgan fingerprint density at radius 3 is 1.01 bits per heavy atom. The van der Waals surface area contributed by atoms with E-state index >= 15 is 0 Å². The van der Waals surface area contributed by atoms with Crippen LogP contribution in [0.3, 0.4) is 0 Å². The normalized spacial score (nSPS) is 14.9. The lowest BCUT2D eigenvalue weighted by Gasteiger charge is -2.39. The van der Waals surface area contributed by atoms with Gasteiger partial charge in [-0.2, -0.15) is 0 Å². The van der Waals surface area contributed by atoms with Gasteiger partial charge in [0.1, 0.15) is 0 Å². The Balaban J connectivity index is 0.0000000829. The van der Waals surface area contributed by atoms with Crippen LogP contribution >= 0.6 is 0 Å². The van der Waals surface area contributed by atoms with Crippen molar-refractivity contribution in [1.29, 1.82) is 0 Å². The van der Waals surface area contributed by atoms with Crippen LogP contribution in [-0.2, 0) is 103 Å². The Morgan fingerprint density at radius 2 is 0.493 bits per heavy atom. The number of aromatic nitrogens is 6. The smallest absolute Gasteiger partial charge is 0.0717 e. The first-order chi connectivity index (χ1) is 69.4. The second kappa shape index (κ2) is 28.4. The molecule has 14 heterocycles. The van der Waals surface area contributed by atoms with Gasteiger partial charge < -0.3 is 19.6 Å². The van der Waals surface area contributed by atoms with E-state index in [9.17, 15) is 0 Å². The molecule has 10 heteroatoms. The van der Waals surface area contributed by atoms with Gasteiger partial charge in [-0.15, -0.1) is 0 Å². The van der Waals surface area contributed by atoms with Gasteiger partial charge in [-0.25, -0.2) is 0 Å². The van der Waals surface area contributed by atoms with Crippen LogP contribution in [0.2, 0.25) is 0 Å². The van der Waals surface area contributed by atoms with Crippen LogP contribution in [0, 0.1) is 0 Å². The second-order valence-electron chi connectivity index (χ2n) is 41.1. The molecular weight excluding hydrogens is 1700 g/mol. The average Bonchev–Trinajstić information content (AvgIpc) is 1.42. The molecule has 0 saturated carbocycles. The number of hydrogen-bond donors (Lipinski definition) is 0. The molecule has 0 unspecified atom stereocenters. The molecule has 0 atom stereocenters. The molecule has 0 spiro atoms. The van der Waals surface area contributed by atoms with Crippen LogP contribution < -0.4 is 19.6 Å². The molecule has 36 rings (SSSR count). The molecule has 0 saturated heterocycles. The predicted molar refractivity (Wildman–Crippen MR) is 560 cm³/mol. The summed E-state index contributed by atoms with van der Waals surface area (Å²) in [5, 5.41) is 0. The molecule has 0 bridgehead atoms. The fourth-order valence-corrected chi connectivity index (χ4v) is 28.3. The maximum atomic E-state index is 4.89. The summed E-state index contributed by atoms with van der Waals surface area (Å²) in [5.74, 6) is 0. The molecule has 0 radical (unpaired) electrons. The highest BCUT2D eigenvalue weighted by Crippen LogP contribution is 2.62. The fourth-order valence-electron chi connectivity index (χ4n) is 28.3. The zero-order valence-corrected chi connectivity index (χ0v) is 77.0. The van der Waals surface area contributed by atoms with Crippen LogP contribution in [0.15, 0.2) is 329 Å². The van der Waals surface area contributed by atoms with Crippen LogP contribution in [0.5, 0.6) is 0 Å². The zero-order valence-electron chi connectivity index (χ0n) is 77.0. The van der Waals surface area contributed by atoms with E-state index in [1.807, 2.05) is 37.2 Å². The number of anilines is 12. The molecule has 10 nitrogen and oxygen atoms in total. The molecule has 14 aromatic carbocycles. The van der Waals surface area contributed by atoms with Crippen molar-refractivity contribution in [3.05, 3.63) is 507 Å². The first-order valence-corrected chi connectivity index (χ1v) is 50.0. The first kappa shape index (κ1) is 76.4. The Kier molecular flexibility index (Phi) is 15.5. The molecule has 140 heavy (non-hydrogen) atoms. The van der Waals surface area contributed by atoms with E-state index in [-0.39, 0.29) is 0 Å². The Labute approximate surface area is 811 Å². The van der Waals surface area contributed by atoms with Gasteiger partial charge in [-0.05, 0) is 369 Å². The van der Waals surface area contributed by atoms with E-state index in [2.05, 4.69) is 321 Å². The average molecular weight is 1790 g/mol. The lowest BCUT2D eigenvalue weighted by atomic mass is 9.86. The van der Waals surface area contributed by atoms with E-state index < -0.39 is 0 Å². The van der Waals surface area contributed by atoms with E-state index in [0.29, 0.717) is 0 Å². The Bertz CT molecular complexity index is 8620. The minimum Gasteiger partial charge on any atom is -0.309 e. The van der Waals surface area contributed by atoms with Crippen molar-refractivity contribution in [1.82, 2.24) is 29.9 Å². The van der Waals surface area contributed by atoms with E-state index in [1.165, 1.54) is 330 Å². The topological polar surface area (TPSA) is 90.3 Å². The zero-order chi connectivity index (χ0) is 90.7. The monoisotopic (exact) mass is 1790 g/mol. The molecule has 8 aliphatic heterocycles. The summed E-state index contributed by atoms with van der Waals surface area (Å²) in [6.45, 7) is 0. The van der Waals surface area contributed by atoms with Crippen molar-refractivity contribution < 1.29 is 0 Å². The van der Waals surface area contributed by atoms with Gasteiger partial charge in [0.15, 0.2) is 0 Å². The summed E-state index contributed by atoms with van der Waals surface area (Å²) < 4.78 is 0. The second-order valence-corrected chi connectivity index (χ2v) is 41.1. The Morgan fingerprint density at radius 1 is 0.150 bits per heavy atom. The number of nitrogens with zero attached hydrogens (tertiary/aromatic N) is 10. The molecule has 0 amide bonds. The standard InChI is InChI=1S/2C33H22N2.2C32H21N3/c1-3-7-25-19(5-1)14-29-26(25)9-10-27-28-16-32-22(12-21(28)15-30(27)29)13-24-18-34-17-23-11-20-6-2-4-8-31(20)35(32)33(23)24;1-3-7-24-19(5-1)15-28-25(24)9-10-26-27-18-32-23(14-22(27)16-29(26)28)17-30-33-21(11-12-34-30)13-20-6-2-4-8-31(20)35(32)33;1-2-5-21-18(4-1)14-26-22(21)8-7-19-15-24-23(31(19)26)9-10-29-25(24)17-28-32-20(11-13-34-28)16-27-30(35(29)32)6-3-12-33-27;1-2-4-22-18(3-1)14-27-23(22)6-5-19-15-25-24(31(19)27)7-8-30-26(25)16-28-32-20(9-12-34-28)13-21-17-33-11-10-29(21)35(30)32/h1-10,12,16-18H,11,13-15H2;1-12,14,18H,13,15-17H2;1-13H,14-17H2;1-12,17H,13-16H2. The van der Waals surface area contributed by atoms with Gasteiger partial charge in [-0.3, -0.25) is 29.9 Å². The quantitative estimate of drug-likeness (QED) is 0.146. The van der Waals surface area contributed by atoms with Gasteiger partial charge in [0.2, 0.25) is 0 Å². The molecule has 0 N–H and O–H groups in total. The van der Waals surface area contributed by atoms with Gasteiger partial charge in [0, 0.05) is 112 Å². The van der Waals surface area contributed by atoms with Crippen molar-refractivity contribution in [3.63, 3.8) is 0 Å². The van der Waals surface area contributed by atoms with Gasteiger partial charge in [0.05, 0.1) is 79.6 Å². The minimum atomic E-state index is 0.871. The summed E-state index contributed by atoms with van der Waals surface area (Å²) in [4.78, 5) is 38.3. The van der Waals surface area contributed by atoms with Crippen molar-refractivity contribution in [3.8, 4) is 89.0 Å². The lowest BCUT2D eigenvalue weighted by molar-refractivity contribution is 0.928. The van der Waals surface area contributed by atoms with Crippen molar-refractivity contribution in [2.24, 2.45) is 0 Å². The van der Waals surface area contributed by atoms with Crippen molar-refractivity contribution >= 4 is 68.2 Å². The molecule has 6 aromatic heterocycles. The first-order valence-electron chi connectivity index (χ1n) is 50.0. The van der Waals surface area contributed by atoms with Crippen LogP contribution in [0.25, 0.3) is 89.0 Å². The number of pyridine rings is 6. The number of benzene rings is 14. The van der Waals surface area contributed by atoms with E-state index in [4.69, 9.17) is 19.9 Å². The lowest BCUT2D eigenvalue weighted by Crippen LogP contribution is -2.26. The Hall–Kier alpha value is -16.8. The summed E-state index contributed by atoms with van der Waals surface area (Å²) in [7, 11) is 0. The number of para-hydroxylation sites is 2. The largest absolute Gasteiger partial charge is 0.309 e. The molecule has 20 aromatic rings. The van der Waals surface area contributed by atoms with Gasteiger partial charge >= 0.3 is 0 Å². The van der Waals surface area contributed by atoms with Crippen LogP contribution in [-0.4, -0.2) is 29.9 Å². The third-order valence-electron chi connectivity index (χ3n) is 34.2. The fraction of sp³-hybridized carbons (Fsp3) is 0.123. The molecule has 8 aliphatic carbocycles. The molecule has 656 valence electrons. The predicted octanol–water partition coefficient (Wildman–Crippen LogP) is 28.8. The van der Waals surface area contributed by atoms with Crippen LogP contribution in [0.1, 0.15) is 179 Å². The third-order valence-corrected chi connectivity index (χ3v) is 34.2. The van der Waals surface area contributed by atoms with Crippen LogP contribution in [0.4, 0.5) is 68.2 Å². The molecule has 0 fully saturated rings. The highest BCUT2D eigenvalue weighted by atomic mass is 15.2. The summed E-state index contributed by atoms with van der Waals surface area (Å²) in [6, 6.07) is 105. The van der Waals surface area contributed by atoms with Gasteiger partial charge in [0.25, 0.3) is 0 Å². The summed E-state index contributed by atoms with van der Waals surface area (Å²) in [6.07, 6.45) is 31.6. The van der Waals surface area contributed by atoms with Crippen molar-refractivity contribution in [2.45, 2.75) is 103 Å². The van der Waals surface area contributed by atoms with E-state index in [0.717, 1.165) is 108 Å². The third kappa shape index (κ3) is 10.7. The maximum absolute atomic E-state index is 4.89. The van der Waals surface area contributed by atoms with Gasteiger partial charge in [-0.1, -0.05) is 206 Å². The van der Waals surface area contributed by atoms with Crippen molar-refractivity contribution in [2.75, 3.05) is 19.6 Å². The number of fused-ring (bicyclic) bond motifs is 46. The number of hydrogen-bond acceptors (Lipinski definition) is 10. The maximum Gasteiger partial charge on any atom is 0.0717 e.